The molecular weight excluding hydrogens is 332 g/mol. The molecule has 1 aromatic heterocycles. The lowest BCUT2D eigenvalue weighted by Crippen LogP contribution is -2.47. The molecule has 2 rings (SSSR count). The van der Waals surface area contributed by atoms with Crippen molar-refractivity contribution in [3.05, 3.63) is 33.2 Å². The summed E-state index contributed by atoms with van der Waals surface area (Å²) in [5.74, 6) is -1.14. The van der Waals surface area contributed by atoms with E-state index < -0.39 is 17.9 Å². The third kappa shape index (κ3) is 4.34. The maximum atomic E-state index is 13.0. The third-order valence-electron chi connectivity index (χ3n) is 4.99. The van der Waals surface area contributed by atoms with Crippen molar-refractivity contribution < 1.29 is 14.3 Å². The monoisotopic (exact) mass is 362 g/mol. The number of hydrogen-bond donors (Lipinski definition) is 1. The molecule has 1 N–H and O–H groups in total. The first kappa shape index (κ1) is 20.2. The van der Waals surface area contributed by atoms with E-state index in [9.17, 15) is 14.4 Å². The van der Waals surface area contributed by atoms with Crippen LogP contribution in [-0.4, -0.2) is 29.6 Å². The van der Waals surface area contributed by atoms with Crippen LogP contribution < -0.4 is 10.9 Å². The van der Waals surface area contributed by atoms with Crippen molar-refractivity contribution in [2.75, 3.05) is 7.11 Å². The smallest absolute Gasteiger partial charge is 0.328 e. The van der Waals surface area contributed by atoms with Crippen LogP contribution in [-0.2, 0) is 28.9 Å². The Morgan fingerprint density at radius 2 is 1.96 bits per heavy atom. The summed E-state index contributed by atoms with van der Waals surface area (Å²) in [5.41, 5.74) is 2.01. The molecule has 1 aliphatic rings. The van der Waals surface area contributed by atoms with Crippen LogP contribution in [0.2, 0.25) is 0 Å². The van der Waals surface area contributed by atoms with Gasteiger partial charge in [0.05, 0.1) is 7.11 Å². The number of amides is 1. The number of rotatable bonds is 7. The second-order valence-electron chi connectivity index (χ2n) is 7.27. The minimum Gasteiger partial charge on any atom is -0.467 e. The number of hydrogen-bond acceptors (Lipinski definition) is 4. The molecule has 1 amide bonds. The van der Waals surface area contributed by atoms with Crippen molar-refractivity contribution in [2.24, 2.45) is 5.92 Å². The van der Waals surface area contributed by atoms with Gasteiger partial charge >= 0.3 is 5.97 Å². The molecule has 0 fully saturated rings. The highest BCUT2D eigenvalue weighted by Gasteiger charge is 2.28. The number of aryl methyl sites for hydroxylation is 1. The number of aromatic nitrogens is 1. The number of esters is 1. The zero-order chi connectivity index (χ0) is 19.3. The second kappa shape index (κ2) is 9.01. The summed E-state index contributed by atoms with van der Waals surface area (Å²) >= 11 is 0. The zero-order valence-corrected chi connectivity index (χ0v) is 16.3. The van der Waals surface area contributed by atoms with Crippen LogP contribution >= 0.6 is 0 Å². The third-order valence-corrected chi connectivity index (χ3v) is 4.99. The van der Waals surface area contributed by atoms with Crippen LogP contribution in [0.5, 0.6) is 0 Å². The maximum Gasteiger partial charge on any atom is 0.328 e. The molecule has 0 radical (unpaired) electrons. The van der Waals surface area contributed by atoms with E-state index >= 15 is 0 Å². The zero-order valence-electron chi connectivity index (χ0n) is 16.3. The van der Waals surface area contributed by atoms with Gasteiger partial charge in [-0.1, -0.05) is 27.2 Å². The van der Waals surface area contributed by atoms with Gasteiger partial charge in [0.2, 0.25) is 0 Å². The SMILES string of the molecule is CCCCn1c2c(cc(C(=O)NC(C(=O)OC)C(C)C)c1=O)CCCC2. The highest BCUT2D eigenvalue weighted by atomic mass is 16.5. The number of carbonyl (C=O) groups excluding carboxylic acids is 2. The Kier molecular flexibility index (Phi) is 7.00. The summed E-state index contributed by atoms with van der Waals surface area (Å²) in [5, 5.41) is 2.69. The molecule has 26 heavy (non-hydrogen) atoms. The summed E-state index contributed by atoms with van der Waals surface area (Å²) in [4.78, 5) is 37.7. The maximum absolute atomic E-state index is 13.0. The Hall–Kier alpha value is -2.11. The van der Waals surface area contributed by atoms with Gasteiger partial charge in [-0.3, -0.25) is 9.59 Å². The lowest BCUT2D eigenvalue weighted by Gasteiger charge is -2.23. The molecule has 0 bridgehead atoms. The Balaban J connectivity index is 2.40. The predicted octanol–water partition coefficient (Wildman–Crippen LogP) is 2.45. The van der Waals surface area contributed by atoms with E-state index in [1.165, 1.54) is 7.11 Å². The Labute approximate surface area is 154 Å². The van der Waals surface area contributed by atoms with E-state index in [-0.39, 0.29) is 17.0 Å². The van der Waals surface area contributed by atoms with Crippen LogP contribution in [0, 0.1) is 5.92 Å². The molecule has 0 aliphatic heterocycles. The fourth-order valence-corrected chi connectivity index (χ4v) is 3.44. The normalized spacial score (nSPS) is 14.7. The number of methoxy groups -OCH3 is 1. The second-order valence-corrected chi connectivity index (χ2v) is 7.27. The number of fused-ring (bicyclic) bond motifs is 1. The molecule has 1 aliphatic carbocycles. The standard InChI is InChI=1S/C20H30N2O4/c1-5-6-11-22-16-10-8-7-9-14(16)12-15(19(22)24)18(23)21-17(13(2)3)20(25)26-4/h12-13,17H,5-11H2,1-4H3,(H,21,23). The van der Waals surface area contributed by atoms with Gasteiger partial charge in [-0.25, -0.2) is 4.79 Å². The van der Waals surface area contributed by atoms with Crippen LogP contribution in [0.25, 0.3) is 0 Å². The van der Waals surface area contributed by atoms with Gasteiger partial charge in [0.25, 0.3) is 11.5 Å². The molecule has 0 saturated carbocycles. The number of unbranched alkanes of at least 4 members (excludes halogenated alkanes) is 1. The molecule has 6 nitrogen and oxygen atoms in total. The number of ether oxygens (including phenoxy) is 1. The first-order valence-corrected chi connectivity index (χ1v) is 9.55. The molecule has 0 saturated heterocycles. The Bertz CT molecular complexity index is 721. The predicted molar refractivity (Wildman–Crippen MR) is 100 cm³/mol. The van der Waals surface area contributed by atoms with Crippen molar-refractivity contribution in [3.8, 4) is 0 Å². The van der Waals surface area contributed by atoms with Crippen molar-refractivity contribution in [1.29, 1.82) is 0 Å². The lowest BCUT2D eigenvalue weighted by atomic mass is 9.94. The largest absolute Gasteiger partial charge is 0.467 e. The van der Waals surface area contributed by atoms with Crippen LogP contribution in [0.4, 0.5) is 0 Å². The van der Waals surface area contributed by atoms with Crippen molar-refractivity contribution in [1.82, 2.24) is 9.88 Å². The van der Waals surface area contributed by atoms with Gasteiger partial charge in [0, 0.05) is 12.2 Å². The number of nitrogens with one attached hydrogen (secondary N) is 1. The molecular formula is C20H30N2O4. The summed E-state index contributed by atoms with van der Waals surface area (Å²) < 4.78 is 6.54. The summed E-state index contributed by atoms with van der Waals surface area (Å²) in [6.45, 7) is 6.36. The quantitative estimate of drug-likeness (QED) is 0.756. The fraction of sp³-hybridized carbons (Fsp3) is 0.650. The van der Waals surface area contributed by atoms with E-state index in [4.69, 9.17) is 4.74 Å². The van der Waals surface area contributed by atoms with Gasteiger partial charge in [-0.2, -0.15) is 0 Å². The lowest BCUT2D eigenvalue weighted by molar-refractivity contribution is -0.144. The molecule has 0 aromatic carbocycles. The Morgan fingerprint density at radius 1 is 1.27 bits per heavy atom. The fourth-order valence-electron chi connectivity index (χ4n) is 3.44. The molecule has 6 heteroatoms. The van der Waals surface area contributed by atoms with Crippen LogP contribution in [0.3, 0.4) is 0 Å². The Morgan fingerprint density at radius 3 is 2.58 bits per heavy atom. The number of pyridine rings is 1. The number of carbonyl (C=O) groups is 2. The van der Waals surface area contributed by atoms with E-state index in [2.05, 4.69) is 12.2 Å². The first-order chi connectivity index (χ1) is 12.4. The highest BCUT2D eigenvalue weighted by Crippen LogP contribution is 2.21. The minimum atomic E-state index is -0.771. The van der Waals surface area contributed by atoms with E-state index in [0.717, 1.165) is 49.8 Å². The van der Waals surface area contributed by atoms with Gasteiger partial charge in [0.15, 0.2) is 0 Å². The van der Waals surface area contributed by atoms with Gasteiger partial charge in [-0.15, -0.1) is 0 Å². The van der Waals surface area contributed by atoms with Crippen molar-refractivity contribution >= 4 is 11.9 Å². The summed E-state index contributed by atoms with van der Waals surface area (Å²) in [6.07, 6.45) is 5.78. The molecule has 1 atom stereocenters. The van der Waals surface area contributed by atoms with E-state index in [1.54, 1.807) is 10.6 Å². The van der Waals surface area contributed by atoms with Crippen molar-refractivity contribution in [2.45, 2.75) is 71.9 Å². The molecule has 0 spiro atoms. The van der Waals surface area contributed by atoms with Crippen LogP contribution in [0.1, 0.15) is 68.1 Å². The minimum absolute atomic E-state index is 0.122. The van der Waals surface area contributed by atoms with Gasteiger partial charge in [0.1, 0.15) is 11.6 Å². The average molecular weight is 362 g/mol. The first-order valence-electron chi connectivity index (χ1n) is 9.55. The van der Waals surface area contributed by atoms with Crippen LogP contribution in [0.15, 0.2) is 10.9 Å². The van der Waals surface area contributed by atoms with Gasteiger partial charge in [-0.05, 0) is 49.7 Å². The molecule has 1 unspecified atom stereocenters. The average Bonchev–Trinajstić information content (AvgIpc) is 2.63. The topological polar surface area (TPSA) is 77.4 Å². The van der Waals surface area contributed by atoms with E-state index in [0.29, 0.717) is 6.54 Å². The van der Waals surface area contributed by atoms with Crippen molar-refractivity contribution in [3.63, 3.8) is 0 Å². The molecule has 1 heterocycles. The molecule has 1 aromatic rings. The van der Waals surface area contributed by atoms with E-state index in [1.807, 2.05) is 13.8 Å². The number of nitrogens with zero attached hydrogens (tertiary/aromatic N) is 1. The summed E-state index contributed by atoms with van der Waals surface area (Å²) in [6, 6.07) is 0.954. The van der Waals surface area contributed by atoms with Gasteiger partial charge < -0.3 is 14.6 Å². The molecule has 144 valence electrons. The summed E-state index contributed by atoms with van der Waals surface area (Å²) in [7, 11) is 1.29. The highest BCUT2D eigenvalue weighted by molar-refractivity contribution is 5.96.